The number of nitrogens with one attached hydrogen (secondary N) is 2. The third-order valence-corrected chi connectivity index (χ3v) is 5.82. The molecule has 8 heteroatoms. The van der Waals surface area contributed by atoms with Gasteiger partial charge >= 0.3 is 0 Å². The van der Waals surface area contributed by atoms with Crippen LogP contribution in [0.4, 0.5) is 5.69 Å². The number of benzene rings is 2. The van der Waals surface area contributed by atoms with Crippen molar-refractivity contribution >= 4 is 27.5 Å². The minimum Gasteiger partial charge on any atom is -0.338 e. The van der Waals surface area contributed by atoms with Crippen molar-refractivity contribution < 1.29 is 18.0 Å². The highest BCUT2D eigenvalue weighted by molar-refractivity contribution is 7.89. The number of hydrogen-bond acceptors (Lipinski definition) is 4. The van der Waals surface area contributed by atoms with Gasteiger partial charge in [0, 0.05) is 25.7 Å². The zero-order valence-electron chi connectivity index (χ0n) is 14.9. The summed E-state index contributed by atoms with van der Waals surface area (Å²) in [5.41, 5.74) is 2.45. The summed E-state index contributed by atoms with van der Waals surface area (Å²) in [6.45, 7) is 2.15. The van der Waals surface area contributed by atoms with E-state index in [1.54, 1.807) is 41.3 Å². The van der Waals surface area contributed by atoms with Crippen molar-refractivity contribution in [1.29, 1.82) is 0 Å². The highest BCUT2D eigenvalue weighted by Gasteiger charge is 2.22. The van der Waals surface area contributed by atoms with E-state index in [9.17, 15) is 18.0 Å². The lowest BCUT2D eigenvalue weighted by Crippen LogP contribution is -2.35. The fraction of sp³-hybridized carbons (Fsp3) is 0.263. The monoisotopic (exact) mass is 387 g/mol. The molecule has 3 rings (SSSR count). The molecule has 0 aliphatic carbocycles. The van der Waals surface area contributed by atoms with Gasteiger partial charge in [-0.2, -0.15) is 0 Å². The lowest BCUT2D eigenvalue weighted by atomic mass is 10.00. The highest BCUT2D eigenvalue weighted by Crippen LogP contribution is 2.22. The van der Waals surface area contributed by atoms with Gasteiger partial charge in [0.15, 0.2) is 0 Å². The van der Waals surface area contributed by atoms with Gasteiger partial charge in [-0.15, -0.1) is 0 Å². The first kappa shape index (κ1) is 19.1. The van der Waals surface area contributed by atoms with Crippen LogP contribution in [0.15, 0.2) is 53.4 Å². The van der Waals surface area contributed by atoms with E-state index in [1.165, 1.54) is 13.0 Å². The number of para-hydroxylation sites is 1. The molecule has 0 aromatic heterocycles. The molecule has 0 saturated heterocycles. The summed E-state index contributed by atoms with van der Waals surface area (Å²) in [5, 5.41) is 2.62. The van der Waals surface area contributed by atoms with E-state index < -0.39 is 15.9 Å². The number of amides is 2. The molecule has 0 spiro atoms. The van der Waals surface area contributed by atoms with Crippen LogP contribution in [-0.4, -0.2) is 38.2 Å². The summed E-state index contributed by atoms with van der Waals surface area (Å²) in [5.74, 6) is -0.491. The number of nitrogens with zero attached hydrogens (tertiary/aromatic N) is 1. The van der Waals surface area contributed by atoms with E-state index in [0.29, 0.717) is 25.2 Å². The summed E-state index contributed by atoms with van der Waals surface area (Å²) < 4.78 is 27.4. The molecular formula is C19H21N3O4S. The van der Waals surface area contributed by atoms with E-state index >= 15 is 0 Å². The Labute approximate surface area is 158 Å². The first-order chi connectivity index (χ1) is 12.8. The Bertz CT molecular complexity index is 958. The number of sulfonamides is 1. The Morgan fingerprint density at radius 2 is 1.81 bits per heavy atom. The van der Waals surface area contributed by atoms with Gasteiger partial charge in [-0.05, 0) is 41.8 Å². The van der Waals surface area contributed by atoms with E-state index in [1.807, 2.05) is 6.07 Å². The molecule has 0 saturated carbocycles. The minimum atomic E-state index is -3.83. The Hall–Kier alpha value is -2.71. The van der Waals surface area contributed by atoms with Crippen molar-refractivity contribution in [3.05, 3.63) is 59.7 Å². The van der Waals surface area contributed by atoms with Crippen LogP contribution in [0.2, 0.25) is 0 Å². The summed E-state index contributed by atoms with van der Waals surface area (Å²) in [6.07, 6.45) is 0.697. The first-order valence-electron chi connectivity index (χ1n) is 8.57. The number of rotatable bonds is 5. The second-order valence-corrected chi connectivity index (χ2v) is 8.13. The van der Waals surface area contributed by atoms with E-state index in [4.69, 9.17) is 0 Å². The van der Waals surface area contributed by atoms with Crippen LogP contribution >= 0.6 is 0 Å². The zero-order valence-corrected chi connectivity index (χ0v) is 15.8. The van der Waals surface area contributed by atoms with Crippen LogP contribution < -0.4 is 10.0 Å². The predicted octanol–water partition coefficient (Wildman–Crippen LogP) is 1.51. The molecule has 0 atom stereocenters. The number of anilines is 1. The molecule has 0 unspecified atom stereocenters. The highest BCUT2D eigenvalue weighted by atomic mass is 32.2. The number of carbonyl (C=O) groups is 2. The maximum Gasteiger partial charge on any atom is 0.241 e. The second kappa shape index (κ2) is 7.89. The molecular weight excluding hydrogens is 366 g/mol. The molecule has 2 N–H and O–H groups in total. The molecule has 2 amide bonds. The van der Waals surface area contributed by atoms with Crippen LogP contribution in [0, 0.1) is 0 Å². The van der Waals surface area contributed by atoms with E-state index in [0.717, 1.165) is 11.1 Å². The number of fused-ring (bicyclic) bond motifs is 1. The maximum absolute atomic E-state index is 12.5. The molecule has 7 nitrogen and oxygen atoms in total. The molecule has 1 aliphatic heterocycles. The van der Waals surface area contributed by atoms with Gasteiger partial charge < -0.3 is 10.2 Å². The van der Waals surface area contributed by atoms with E-state index in [-0.39, 0.29) is 17.3 Å². The van der Waals surface area contributed by atoms with Crippen molar-refractivity contribution in [2.24, 2.45) is 0 Å². The lowest BCUT2D eigenvalue weighted by molar-refractivity contribution is -0.129. The van der Waals surface area contributed by atoms with Gasteiger partial charge in [-0.3, -0.25) is 9.59 Å². The molecule has 0 fully saturated rings. The van der Waals surface area contributed by atoms with Gasteiger partial charge in [0.25, 0.3) is 0 Å². The van der Waals surface area contributed by atoms with Gasteiger partial charge in [0.05, 0.1) is 11.4 Å². The SMILES string of the molecule is CC(=O)N1CCc2ccc(S(=O)(=O)NCC(=O)Nc3ccccc3)cc2C1. The van der Waals surface area contributed by atoms with E-state index in [2.05, 4.69) is 10.0 Å². The van der Waals surface area contributed by atoms with Gasteiger partial charge in [0.2, 0.25) is 21.8 Å². The smallest absolute Gasteiger partial charge is 0.241 e. The molecule has 0 bridgehead atoms. The summed E-state index contributed by atoms with van der Waals surface area (Å²) >= 11 is 0. The fourth-order valence-electron chi connectivity index (χ4n) is 2.94. The molecule has 0 radical (unpaired) electrons. The standard InChI is InChI=1S/C19H21N3O4S/c1-14(23)22-10-9-15-7-8-18(11-16(15)13-22)27(25,26)20-12-19(24)21-17-5-3-2-4-6-17/h2-8,11,20H,9-10,12-13H2,1H3,(H,21,24). The van der Waals surface area contributed by atoms with Gasteiger partial charge in [-0.25, -0.2) is 13.1 Å². The van der Waals surface area contributed by atoms with Crippen LogP contribution in [0.5, 0.6) is 0 Å². The Balaban J connectivity index is 1.67. The number of hydrogen-bond donors (Lipinski definition) is 2. The molecule has 142 valence electrons. The molecule has 2 aromatic rings. The average molecular weight is 387 g/mol. The third-order valence-electron chi connectivity index (χ3n) is 4.43. The van der Waals surface area contributed by atoms with Crippen LogP contribution in [0.1, 0.15) is 18.1 Å². The Morgan fingerprint density at radius 3 is 2.52 bits per heavy atom. The lowest BCUT2D eigenvalue weighted by Gasteiger charge is -2.28. The van der Waals surface area contributed by atoms with Crippen molar-refractivity contribution in [3.8, 4) is 0 Å². The fourth-order valence-corrected chi connectivity index (χ4v) is 3.97. The Morgan fingerprint density at radius 1 is 1.07 bits per heavy atom. The van der Waals surface area contributed by atoms with Crippen molar-refractivity contribution in [2.75, 3.05) is 18.4 Å². The molecule has 1 aliphatic rings. The second-order valence-electron chi connectivity index (χ2n) is 6.36. The Kier molecular flexibility index (Phi) is 5.57. The summed E-state index contributed by atoms with van der Waals surface area (Å²) in [6, 6.07) is 13.7. The third kappa shape index (κ3) is 4.72. The normalized spacial score (nSPS) is 13.7. The predicted molar refractivity (Wildman–Crippen MR) is 101 cm³/mol. The quantitative estimate of drug-likeness (QED) is 0.813. The summed E-state index contributed by atoms with van der Waals surface area (Å²) in [7, 11) is -3.83. The first-order valence-corrected chi connectivity index (χ1v) is 10.1. The topological polar surface area (TPSA) is 95.6 Å². The maximum atomic E-state index is 12.5. The zero-order chi connectivity index (χ0) is 19.4. The van der Waals surface area contributed by atoms with Crippen LogP contribution in [-0.2, 0) is 32.6 Å². The van der Waals surface area contributed by atoms with Crippen LogP contribution in [0.25, 0.3) is 0 Å². The van der Waals surface area contributed by atoms with Crippen molar-refractivity contribution in [2.45, 2.75) is 24.8 Å². The van der Waals surface area contributed by atoms with Crippen LogP contribution in [0.3, 0.4) is 0 Å². The largest absolute Gasteiger partial charge is 0.338 e. The minimum absolute atomic E-state index is 0.0374. The molecule has 27 heavy (non-hydrogen) atoms. The molecule has 2 aromatic carbocycles. The van der Waals surface area contributed by atoms with Crippen molar-refractivity contribution in [3.63, 3.8) is 0 Å². The average Bonchev–Trinajstić information content (AvgIpc) is 2.66. The van der Waals surface area contributed by atoms with Gasteiger partial charge in [0.1, 0.15) is 0 Å². The molecule has 1 heterocycles. The van der Waals surface area contributed by atoms with Gasteiger partial charge in [-0.1, -0.05) is 24.3 Å². The number of carbonyl (C=O) groups excluding carboxylic acids is 2. The summed E-state index contributed by atoms with van der Waals surface area (Å²) in [4.78, 5) is 25.3. The van der Waals surface area contributed by atoms with Crippen molar-refractivity contribution in [1.82, 2.24) is 9.62 Å².